The van der Waals surface area contributed by atoms with Gasteiger partial charge >= 0.3 is 0 Å². The van der Waals surface area contributed by atoms with Crippen molar-refractivity contribution in [3.05, 3.63) is 48.3 Å². The lowest BCUT2D eigenvalue weighted by molar-refractivity contribution is -0.121. The van der Waals surface area contributed by atoms with Gasteiger partial charge in [-0.05, 0) is 29.8 Å². The van der Waals surface area contributed by atoms with Gasteiger partial charge in [-0.25, -0.2) is 9.50 Å². The van der Waals surface area contributed by atoms with Crippen LogP contribution in [0.2, 0.25) is 0 Å². The first kappa shape index (κ1) is 17.5. The molecule has 1 aliphatic heterocycles. The molecule has 140 valence electrons. The Morgan fingerprint density at radius 1 is 1.19 bits per heavy atom. The molecule has 3 aromatic rings. The van der Waals surface area contributed by atoms with Crippen molar-refractivity contribution in [2.75, 3.05) is 31.5 Å². The van der Waals surface area contributed by atoms with E-state index in [1.54, 1.807) is 4.52 Å². The van der Waals surface area contributed by atoms with Crippen LogP contribution < -0.4 is 10.6 Å². The highest BCUT2D eigenvalue weighted by atomic mass is 16.1. The van der Waals surface area contributed by atoms with Gasteiger partial charge in [0.25, 0.3) is 0 Å². The van der Waals surface area contributed by atoms with Gasteiger partial charge in [-0.15, -0.1) is 0 Å². The lowest BCUT2D eigenvalue weighted by Gasteiger charge is -2.20. The second-order valence-corrected chi connectivity index (χ2v) is 6.74. The molecule has 3 heterocycles. The van der Waals surface area contributed by atoms with Crippen molar-refractivity contribution in [3.8, 4) is 11.1 Å². The zero-order valence-corrected chi connectivity index (χ0v) is 15.5. The number of nitrogens with one attached hydrogen (secondary N) is 2. The molecule has 27 heavy (non-hydrogen) atoms. The van der Waals surface area contributed by atoms with Crippen molar-refractivity contribution in [1.82, 2.24) is 24.8 Å². The topological polar surface area (TPSA) is 74.6 Å². The largest absolute Gasteiger partial charge is 0.368 e. The average Bonchev–Trinajstić information content (AvgIpc) is 3.11. The Hall–Kier alpha value is -2.93. The molecule has 1 amide bonds. The lowest BCUT2D eigenvalue weighted by atomic mass is 10.1. The van der Waals surface area contributed by atoms with E-state index in [-0.39, 0.29) is 5.91 Å². The number of benzene rings is 1. The molecule has 2 N–H and O–H groups in total. The third-order valence-electron chi connectivity index (χ3n) is 4.87. The molecule has 4 bridgehead atoms. The molecule has 1 aromatic carbocycles. The monoisotopic (exact) mass is 364 g/mol. The standard InChI is InChI=1S/C20H24N6O/c1-2-25-10-7-19(27)22-9-8-21-18-6-11-26-20(24-18)17(13-23-26)16-5-3-4-15(12-16)14-25/h3-6,11-13H,2,7-10,14H2,1H3,(H,21,24)(H,22,27). The summed E-state index contributed by atoms with van der Waals surface area (Å²) < 4.78 is 1.79. The van der Waals surface area contributed by atoms with E-state index in [9.17, 15) is 4.79 Å². The van der Waals surface area contributed by atoms with Crippen molar-refractivity contribution in [3.63, 3.8) is 0 Å². The third kappa shape index (κ3) is 3.93. The Kier molecular flexibility index (Phi) is 5.02. The van der Waals surface area contributed by atoms with Crippen molar-refractivity contribution >= 4 is 17.4 Å². The Labute approximate surface area is 158 Å². The smallest absolute Gasteiger partial charge is 0.221 e. The number of rotatable bonds is 1. The molecule has 1 aliphatic rings. The van der Waals surface area contributed by atoms with Gasteiger partial charge in [-0.2, -0.15) is 5.10 Å². The van der Waals surface area contributed by atoms with Crippen LogP contribution in [-0.2, 0) is 11.3 Å². The Balaban J connectivity index is 1.73. The number of nitrogens with zero attached hydrogens (tertiary/aromatic N) is 4. The van der Waals surface area contributed by atoms with Gasteiger partial charge in [-0.1, -0.05) is 25.1 Å². The maximum Gasteiger partial charge on any atom is 0.221 e. The summed E-state index contributed by atoms with van der Waals surface area (Å²) in [6.45, 7) is 5.80. The van der Waals surface area contributed by atoms with Gasteiger partial charge < -0.3 is 10.6 Å². The summed E-state index contributed by atoms with van der Waals surface area (Å²) in [5, 5.41) is 10.7. The minimum Gasteiger partial charge on any atom is -0.368 e. The normalized spacial score (nSPS) is 16.3. The highest BCUT2D eigenvalue weighted by molar-refractivity contribution is 5.78. The van der Waals surface area contributed by atoms with E-state index in [1.165, 1.54) is 5.56 Å². The van der Waals surface area contributed by atoms with E-state index in [1.807, 2.05) is 18.5 Å². The summed E-state index contributed by atoms with van der Waals surface area (Å²) in [7, 11) is 0. The molecule has 0 spiro atoms. The van der Waals surface area contributed by atoms with Crippen LogP contribution in [0.25, 0.3) is 16.8 Å². The number of aromatic nitrogens is 3. The van der Waals surface area contributed by atoms with Crippen LogP contribution in [0.15, 0.2) is 42.7 Å². The van der Waals surface area contributed by atoms with E-state index in [0.29, 0.717) is 19.5 Å². The van der Waals surface area contributed by atoms with Gasteiger partial charge in [-0.3, -0.25) is 9.69 Å². The molecule has 0 saturated carbocycles. The van der Waals surface area contributed by atoms with Crippen LogP contribution in [0.3, 0.4) is 0 Å². The fraction of sp³-hybridized carbons (Fsp3) is 0.350. The predicted octanol–water partition coefficient (Wildman–Crippen LogP) is 2.15. The summed E-state index contributed by atoms with van der Waals surface area (Å²) in [6, 6.07) is 10.4. The summed E-state index contributed by atoms with van der Waals surface area (Å²) in [5.41, 5.74) is 4.16. The van der Waals surface area contributed by atoms with Crippen LogP contribution in [0.1, 0.15) is 18.9 Å². The fourth-order valence-electron chi connectivity index (χ4n) is 3.36. The molecule has 2 aromatic heterocycles. The highest BCUT2D eigenvalue weighted by Crippen LogP contribution is 2.25. The maximum atomic E-state index is 12.1. The maximum absolute atomic E-state index is 12.1. The summed E-state index contributed by atoms with van der Waals surface area (Å²) >= 11 is 0. The number of carbonyl (C=O) groups excluding carboxylic acids is 1. The number of hydrogen-bond donors (Lipinski definition) is 2. The lowest BCUT2D eigenvalue weighted by Crippen LogP contribution is -2.33. The number of amides is 1. The zero-order chi connectivity index (χ0) is 18.6. The van der Waals surface area contributed by atoms with Crippen molar-refractivity contribution < 1.29 is 4.79 Å². The molecule has 4 rings (SSSR count). The quantitative estimate of drug-likeness (QED) is 0.692. The van der Waals surface area contributed by atoms with Crippen molar-refractivity contribution in [2.45, 2.75) is 19.9 Å². The predicted molar refractivity (Wildman–Crippen MR) is 105 cm³/mol. The van der Waals surface area contributed by atoms with Crippen LogP contribution in [0.5, 0.6) is 0 Å². The van der Waals surface area contributed by atoms with Gasteiger partial charge in [0.2, 0.25) is 5.91 Å². The summed E-state index contributed by atoms with van der Waals surface area (Å²) in [4.78, 5) is 19.1. The zero-order valence-electron chi connectivity index (χ0n) is 15.5. The summed E-state index contributed by atoms with van der Waals surface area (Å²) in [6.07, 6.45) is 4.27. The molecular formula is C20H24N6O. The van der Waals surface area contributed by atoms with Gasteiger partial charge in [0.05, 0.1) is 6.20 Å². The minimum absolute atomic E-state index is 0.0811. The Morgan fingerprint density at radius 3 is 2.96 bits per heavy atom. The Morgan fingerprint density at radius 2 is 2.07 bits per heavy atom. The Bertz CT molecular complexity index is 951. The molecule has 0 aliphatic carbocycles. The molecule has 0 unspecified atom stereocenters. The molecular weight excluding hydrogens is 340 g/mol. The molecule has 0 atom stereocenters. The number of anilines is 1. The van der Waals surface area contributed by atoms with Gasteiger partial charge in [0, 0.05) is 44.4 Å². The first-order valence-electron chi connectivity index (χ1n) is 9.39. The summed E-state index contributed by atoms with van der Waals surface area (Å²) in [5.74, 6) is 0.858. The van der Waals surface area contributed by atoms with Crippen LogP contribution >= 0.6 is 0 Å². The van der Waals surface area contributed by atoms with E-state index >= 15 is 0 Å². The van der Waals surface area contributed by atoms with E-state index < -0.39 is 0 Å². The third-order valence-corrected chi connectivity index (χ3v) is 4.87. The first-order chi connectivity index (χ1) is 13.2. The second kappa shape index (κ2) is 7.75. The molecule has 0 fully saturated rings. The second-order valence-electron chi connectivity index (χ2n) is 6.74. The van der Waals surface area contributed by atoms with E-state index in [2.05, 4.69) is 51.8 Å². The van der Waals surface area contributed by atoms with Crippen molar-refractivity contribution in [2.24, 2.45) is 0 Å². The average molecular weight is 364 g/mol. The van der Waals surface area contributed by atoms with Crippen LogP contribution in [-0.4, -0.2) is 51.6 Å². The number of fused-ring (bicyclic) bond motifs is 4. The van der Waals surface area contributed by atoms with Crippen LogP contribution in [0, 0.1) is 0 Å². The molecule has 0 saturated heterocycles. The molecule has 7 heteroatoms. The minimum atomic E-state index is 0.0811. The SMILES string of the molecule is CCN1CCC(=O)NCCNc2ccn3ncc(c3n2)-c2cccc(c2)C1. The van der Waals surface area contributed by atoms with E-state index in [0.717, 1.165) is 42.2 Å². The first-order valence-corrected chi connectivity index (χ1v) is 9.39. The number of carbonyl (C=O) groups is 1. The molecule has 7 nitrogen and oxygen atoms in total. The van der Waals surface area contributed by atoms with Gasteiger partial charge in [0.15, 0.2) is 5.65 Å². The highest BCUT2D eigenvalue weighted by Gasteiger charge is 2.12. The molecule has 0 radical (unpaired) electrons. The van der Waals surface area contributed by atoms with E-state index in [4.69, 9.17) is 4.98 Å². The number of hydrogen-bond acceptors (Lipinski definition) is 5. The fourth-order valence-corrected chi connectivity index (χ4v) is 3.36. The van der Waals surface area contributed by atoms with Gasteiger partial charge in [0.1, 0.15) is 5.82 Å². The van der Waals surface area contributed by atoms with Crippen LogP contribution in [0.4, 0.5) is 5.82 Å². The van der Waals surface area contributed by atoms with Crippen molar-refractivity contribution in [1.29, 1.82) is 0 Å².